The van der Waals surface area contributed by atoms with E-state index in [0.717, 1.165) is 133 Å². The summed E-state index contributed by atoms with van der Waals surface area (Å²) in [5.41, 5.74) is 12.9. The van der Waals surface area contributed by atoms with Crippen LogP contribution in [0.5, 0.6) is 28.7 Å². The number of likely N-dealkylation sites (tertiary alicyclic amines) is 1. The third-order valence-electron chi connectivity index (χ3n) is 17.0. The summed E-state index contributed by atoms with van der Waals surface area (Å²) in [6, 6.07) is 39.0. The summed E-state index contributed by atoms with van der Waals surface area (Å²) >= 11 is 32.6. The lowest BCUT2D eigenvalue weighted by atomic mass is 10.2. The number of rotatable bonds is 30. The minimum atomic E-state index is -0.938. The van der Waals surface area contributed by atoms with E-state index in [4.69, 9.17) is 107 Å². The van der Waals surface area contributed by atoms with Gasteiger partial charge in [-0.1, -0.05) is 12.2 Å². The molecule has 3 N–H and O–H groups in total. The second-order valence-corrected chi connectivity index (χ2v) is 31.1. The highest BCUT2D eigenvalue weighted by Crippen LogP contribution is 2.35. The maximum atomic E-state index is 12.8. The van der Waals surface area contributed by atoms with Crippen LogP contribution in [0.1, 0.15) is 119 Å². The number of hydrogen-bond donors (Lipinski definition) is 2. The van der Waals surface area contributed by atoms with Crippen LogP contribution in [-0.4, -0.2) is 204 Å². The zero-order valence-electron chi connectivity index (χ0n) is 62.6. The van der Waals surface area contributed by atoms with Crippen molar-refractivity contribution in [1.29, 1.82) is 0 Å². The van der Waals surface area contributed by atoms with Crippen LogP contribution in [0.2, 0.25) is 0 Å². The van der Waals surface area contributed by atoms with Crippen molar-refractivity contribution in [2.24, 2.45) is 5.73 Å². The first-order valence-corrected chi connectivity index (χ1v) is 42.0. The van der Waals surface area contributed by atoms with Crippen LogP contribution in [0, 0.1) is 27.7 Å². The number of hydrogen-bond acceptors (Lipinski definition) is 22. The smallest absolute Gasteiger partial charge is 0.349 e. The summed E-state index contributed by atoms with van der Waals surface area (Å²) in [5, 5.41) is 12.2. The van der Waals surface area contributed by atoms with Crippen LogP contribution >= 0.6 is 104 Å². The summed E-state index contributed by atoms with van der Waals surface area (Å²) in [5.74, 6) is 5.27. The predicted octanol–water partition coefficient (Wildman–Crippen LogP) is 17.5. The molecule has 0 bridgehead atoms. The number of nitrogens with zero attached hydrogens (tertiary/aromatic N) is 7. The lowest BCUT2D eigenvalue weighted by molar-refractivity contribution is 0.0304. The third-order valence-corrected chi connectivity index (χ3v) is 23.1. The van der Waals surface area contributed by atoms with Crippen molar-refractivity contribution in [1.82, 2.24) is 34.6 Å². The number of alkyl halides is 4. The number of aromatic nitrogens is 4. The molecule has 0 aliphatic carbocycles. The number of carbonyl (C=O) groups is 4. The number of esters is 1. The van der Waals surface area contributed by atoms with Crippen LogP contribution in [0.25, 0.3) is 42.3 Å². The first-order chi connectivity index (χ1) is 53.3. The largest absolute Gasteiger partial charge is 0.494 e. The summed E-state index contributed by atoms with van der Waals surface area (Å²) in [6.07, 6.45) is 6.97. The van der Waals surface area contributed by atoms with Crippen molar-refractivity contribution >= 4 is 133 Å². The Bertz CT molecular complexity index is 4310. The number of benzene rings is 5. The van der Waals surface area contributed by atoms with Crippen LogP contribution in [0.4, 0.5) is 0 Å². The van der Waals surface area contributed by atoms with Gasteiger partial charge in [0.25, 0.3) is 11.8 Å². The van der Waals surface area contributed by atoms with Gasteiger partial charge in [0.2, 0.25) is 0 Å². The summed E-state index contributed by atoms with van der Waals surface area (Å²) < 4.78 is 43.4. The van der Waals surface area contributed by atoms with Gasteiger partial charge in [-0.3, -0.25) is 9.59 Å². The molecule has 7 heterocycles. The molecule has 3 saturated heterocycles. The molecular weight excluding hydrogens is 1580 g/mol. The Balaban J connectivity index is 0.000000176. The number of ether oxygens (including phenoxy) is 8. The monoisotopic (exact) mass is 1670 g/mol. The van der Waals surface area contributed by atoms with Crippen molar-refractivity contribution in [2.45, 2.75) is 85.6 Å². The molecule has 2 amide bonds. The molecule has 0 spiro atoms. The highest BCUT2D eigenvalue weighted by Gasteiger charge is 2.27. The molecule has 0 saturated carbocycles. The highest BCUT2D eigenvalue weighted by molar-refractivity contribution is 7.80. The van der Waals surface area contributed by atoms with Crippen LogP contribution in [0.3, 0.4) is 0 Å². The second kappa shape index (κ2) is 47.1. The van der Waals surface area contributed by atoms with Gasteiger partial charge in [-0.05, 0) is 207 Å². The van der Waals surface area contributed by atoms with E-state index in [1.54, 1.807) is 13.8 Å². The first kappa shape index (κ1) is 88.0. The van der Waals surface area contributed by atoms with Gasteiger partial charge in [-0.2, -0.15) is 0 Å². The fraction of sp³-hybridized carbons (Fsp3) is 0.412. The van der Waals surface area contributed by atoms with Gasteiger partial charge >= 0.3 is 11.9 Å². The normalized spacial score (nSPS) is 13.9. The van der Waals surface area contributed by atoms with Gasteiger partial charge in [0.05, 0.1) is 89.3 Å². The number of methoxy groups -OCH3 is 1. The zero-order valence-corrected chi connectivity index (χ0v) is 69.7. The third kappa shape index (κ3) is 27.7. The van der Waals surface area contributed by atoms with Gasteiger partial charge in [0, 0.05) is 90.1 Å². The van der Waals surface area contributed by atoms with E-state index < -0.39 is 5.97 Å². The molecule has 4 aromatic heterocycles. The molecule has 1 atom stereocenters. The van der Waals surface area contributed by atoms with Crippen molar-refractivity contribution in [3.05, 3.63) is 169 Å². The van der Waals surface area contributed by atoms with Gasteiger partial charge in [0.1, 0.15) is 73.3 Å². The molecule has 590 valence electrons. The number of morpholine rings is 2. The van der Waals surface area contributed by atoms with Crippen molar-refractivity contribution in [2.75, 3.05) is 129 Å². The zero-order chi connectivity index (χ0) is 78.7. The number of aromatic carboxylic acids is 1. The average Bonchev–Trinajstić information content (AvgIpc) is 1.69. The van der Waals surface area contributed by atoms with Gasteiger partial charge in [0.15, 0.2) is 0 Å². The molecule has 5 aromatic carbocycles. The maximum Gasteiger partial charge on any atom is 0.349 e. The number of carbonyl (C=O) groups excluding carboxylic acids is 3. The molecule has 12 rings (SSSR count). The molecule has 1 unspecified atom stereocenters. The summed E-state index contributed by atoms with van der Waals surface area (Å²) in [4.78, 5) is 74.9. The highest BCUT2D eigenvalue weighted by atomic mass is 35.5. The molecule has 30 heteroatoms. The predicted molar refractivity (Wildman–Crippen MR) is 447 cm³/mol. The number of thiocarbonyl (C=S) groups is 1. The molecule has 3 aliphatic heterocycles. The average molecular weight is 1680 g/mol. The molecule has 110 heavy (non-hydrogen) atoms. The number of amides is 2. The topological polar surface area (TPSA) is 250 Å². The van der Waals surface area contributed by atoms with Crippen molar-refractivity contribution < 1.29 is 62.2 Å². The number of nitrogens with two attached hydrogens (primary N) is 1. The Hall–Kier alpha value is -7.57. The molecule has 9 aromatic rings. The molecule has 0 radical (unpaired) electrons. The quantitative estimate of drug-likeness (QED) is 0.0184. The van der Waals surface area contributed by atoms with Crippen LogP contribution in [0.15, 0.2) is 121 Å². The molecular formula is C80H94Cl4N8O13S5. The minimum absolute atomic E-state index is 0.0468. The van der Waals surface area contributed by atoms with E-state index in [1.807, 2.05) is 145 Å². The van der Waals surface area contributed by atoms with Crippen molar-refractivity contribution in [3.63, 3.8) is 0 Å². The van der Waals surface area contributed by atoms with E-state index in [2.05, 4.69) is 31.8 Å². The fourth-order valence-corrected chi connectivity index (χ4v) is 15.6. The van der Waals surface area contributed by atoms with Crippen LogP contribution in [-0.2, 0) is 14.2 Å². The Labute approximate surface area is 685 Å². The lowest BCUT2D eigenvalue weighted by Gasteiger charge is -2.26. The number of carboxylic acid groups (broad SMARTS) is 1. The Morgan fingerprint density at radius 1 is 0.473 bits per heavy atom. The number of carboxylic acids is 1. The second-order valence-electron chi connectivity index (χ2n) is 25.1. The van der Waals surface area contributed by atoms with Gasteiger partial charge < -0.3 is 63.4 Å². The van der Waals surface area contributed by atoms with Gasteiger partial charge in [-0.15, -0.1) is 91.8 Å². The Kier molecular flexibility index (Phi) is 37.7. The van der Waals surface area contributed by atoms with E-state index in [1.165, 1.54) is 71.8 Å². The lowest BCUT2D eigenvalue weighted by Crippen LogP contribution is -2.40. The maximum absolute atomic E-state index is 12.8. The minimum Gasteiger partial charge on any atom is -0.494 e. The van der Waals surface area contributed by atoms with Crippen LogP contribution < -0.4 is 29.4 Å². The van der Waals surface area contributed by atoms with E-state index in [-0.39, 0.29) is 22.7 Å². The summed E-state index contributed by atoms with van der Waals surface area (Å²) in [7, 11) is 1.37. The summed E-state index contributed by atoms with van der Waals surface area (Å²) in [6.45, 7) is 20.1. The van der Waals surface area contributed by atoms with E-state index in [9.17, 15) is 19.2 Å². The van der Waals surface area contributed by atoms with E-state index in [0.29, 0.717) is 140 Å². The molecule has 3 fully saturated rings. The Morgan fingerprint density at radius 3 is 1.06 bits per heavy atom. The SMILES string of the molecule is COC(=O)c1sc(-c2ccc(OCCCCl)cc2)nc1C.Cc1nc(-c2ccc(OCCCCl)cc2)sc1C(=O)N1CCOCC1.Cc1nc(-c2ccc(OCCCCl)cc2)sc1C(=O)O.Cc1nc(-c2ccc(OCCCN3CCCC3C)cc2)sc1C(=O)N1CCOCC1.NC(=S)c1ccc(OCCCCl)cc1. The molecule has 3 aliphatic rings. The number of halogens is 4. The first-order valence-electron chi connectivity index (χ1n) is 36.2. The number of aryl methyl sites for hydroxylation is 4. The fourth-order valence-electron chi connectivity index (χ4n) is 11.0. The van der Waals surface area contributed by atoms with E-state index >= 15 is 0 Å². The standard InChI is InChI=1S/C23H31N3O3S.C18H21ClN2O3S.C15H16ClNO3S.C14H14ClNO3S.C10H12ClNOS/c1-17-5-3-10-25(17)11-4-14-29-20-8-6-19(7-9-20)22-24-18(2)21(30-22)23(27)26-12-15-28-16-13-26;1-13-16(18(22)21-8-11-23-12-9-21)25-17(20-13)14-3-5-15(6-4-14)24-10-2-7-19;1-10-13(15(18)19-2)21-14(17-10)11-4-6-12(7-5-11)20-9-3-8-16;1-9-12(14(17)18)20-13(16-9)10-3-5-11(6-4-10)19-8-2-7-15;11-6-1-7-13-9-4-2-8(3-5-9)10(12)14/h6-9,17H,3-5,10-16H2,1-2H3;3-6H,2,7-12H2,1H3;4-7H,3,8-9H2,1-2H3;3-6H,2,7-8H2,1H3,(H,17,18);2-5H,1,6-7H2,(H2,12,14). The van der Waals surface area contributed by atoms with Crippen molar-refractivity contribution in [3.8, 4) is 71.0 Å². The van der Waals surface area contributed by atoms with Gasteiger partial charge in [-0.25, -0.2) is 29.5 Å². The molecule has 21 nitrogen and oxygen atoms in total. The number of thiazole rings is 4. The Morgan fingerprint density at radius 2 is 0.773 bits per heavy atom.